The molecule has 7 heteroatoms. The Balaban J connectivity index is 1.51. The summed E-state index contributed by atoms with van der Waals surface area (Å²) in [7, 11) is 0. The van der Waals surface area contributed by atoms with E-state index in [0.29, 0.717) is 49.3 Å². The van der Waals surface area contributed by atoms with Crippen molar-refractivity contribution in [2.24, 2.45) is 0 Å². The van der Waals surface area contributed by atoms with Gasteiger partial charge in [0.25, 0.3) is 5.91 Å². The number of carbonyl (C=O) groups is 2. The van der Waals surface area contributed by atoms with Crippen molar-refractivity contribution in [3.63, 3.8) is 0 Å². The monoisotopic (exact) mass is 529 g/mol. The van der Waals surface area contributed by atoms with Gasteiger partial charge in [-0.25, -0.2) is 0 Å². The molecule has 2 aromatic heterocycles. The van der Waals surface area contributed by atoms with Gasteiger partial charge in [-0.2, -0.15) is 0 Å². The average molecular weight is 530 g/mol. The van der Waals surface area contributed by atoms with E-state index in [1.54, 1.807) is 22.4 Å². The van der Waals surface area contributed by atoms with Crippen LogP contribution in [0.15, 0.2) is 90.4 Å². The highest BCUT2D eigenvalue weighted by atomic mass is 32.1. The Morgan fingerprint density at radius 1 is 0.947 bits per heavy atom. The first-order chi connectivity index (χ1) is 19.0. The van der Waals surface area contributed by atoms with Crippen molar-refractivity contribution in [1.82, 2.24) is 9.88 Å². The van der Waals surface area contributed by atoms with Crippen LogP contribution >= 0.6 is 11.3 Å². The van der Waals surface area contributed by atoms with Crippen LogP contribution in [0.5, 0.6) is 5.75 Å². The van der Waals surface area contributed by atoms with Crippen molar-refractivity contribution in [1.29, 1.82) is 0 Å². The van der Waals surface area contributed by atoms with Gasteiger partial charge < -0.3 is 14.7 Å². The maximum absolute atomic E-state index is 13.8. The van der Waals surface area contributed by atoms with Crippen molar-refractivity contribution < 1.29 is 20.8 Å². The highest BCUT2D eigenvalue weighted by molar-refractivity contribution is 7.13. The molecule has 0 radical (unpaired) electrons. The smallest absolute Gasteiger partial charge is 0.303 e. The highest BCUT2D eigenvalue weighted by Crippen LogP contribution is 2.26. The molecule has 1 N–H and O–H groups in total. The second kappa shape index (κ2) is 14.1. The molecule has 1 unspecified atom stereocenters. The molecule has 0 bridgehead atoms. The first-order valence-electron chi connectivity index (χ1n) is 13.3. The highest BCUT2D eigenvalue weighted by Gasteiger charge is 2.19. The maximum Gasteiger partial charge on any atom is 0.303 e. The third-order valence-electron chi connectivity index (χ3n) is 6.04. The van der Waals surface area contributed by atoms with Crippen molar-refractivity contribution in [2.45, 2.75) is 38.6 Å². The standard InChI is InChI=1S/C31H32N2O4S/c34-30(35)13-2-1-7-21-37-28-11-4-3-9-26(28)23-33(20-18-27-10-5-6-19-32-27)31(36)25-16-14-24(15-17-25)29-12-8-22-38-29/h3-6,8-12,14-17,19,22H,1-2,7,13,18,20-21,23H2,(H,34,35)/i23D. The van der Waals surface area contributed by atoms with Crippen LogP contribution in [0.2, 0.25) is 0 Å². The molecule has 4 rings (SSSR count). The topological polar surface area (TPSA) is 79.7 Å². The molecule has 0 spiro atoms. The van der Waals surface area contributed by atoms with Gasteiger partial charge >= 0.3 is 5.97 Å². The minimum atomic E-state index is -0.985. The molecule has 0 aliphatic rings. The van der Waals surface area contributed by atoms with Crippen molar-refractivity contribution in [3.8, 4) is 16.2 Å². The molecule has 4 aromatic rings. The van der Waals surface area contributed by atoms with Gasteiger partial charge in [0.15, 0.2) is 0 Å². The summed E-state index contributed by atoms with van der Waals surface area (Å²) in [5.74, 6) is -0.471. The molecule has 1 atom stereocenters. The normalized spacial score (nSPS) is 11.9. The van der Waals surface area contributed by atoms with E-state index >= 15 is 0 Å². The van der Waals surface area contributed by atoms with Crippen molar-refractivity contribution in [2.75, 3.05) is 13.2 Å². The predicted octanol–water partition coefficient (Wildman–Crippen LogP) is 6.72. The van der Waals surface area contributed by atoms with E-state index in [0.717, 1.165) is 22.6 Å². The van der Waals surface area contributed by atoms with E-state index in [1.807, 2.05) is 84.2 Å². The fraction of sp³-hybridized carbons (Fsp3) is 0.258. The first kappa shape index (κ1) is 25.7. The molecule has 196 valence electrons. The number of hydrogen-bond donors (Lipinski definition) is 1. The quantitative estimate of drug-likeness (QED) is 0.184. The molecule has 2 aromatic carbocycles. The third kappa shape index (κ3) is 8.02. The lowest BCUT2D eigenvalue weighted by Crippen LogP contribution is -2.32. The number of carboxylic acid groups (broad SMARTS) is 1. The van der Waals surface area contributed by atoms with Gasteiger partial charge in [-0.05, 0) is 66.6 Å². The van der Waals surface area contributed by atoms with E-state index in [1.165, 1.54) is 0 Å². The fourth-order valence-corrected chi connectivity index (χ4v) is 4.75. The number of hydrogen-bond acceptors (Lipinski definition) is 5. The number of unbranched alkanes of at least 4 members (excludes halogenated alkanes) is 2. The fourth-order valence-electron chi connectivity index (χ4n) is 4.02. The van der Waals surface area contributed by atoms with E-state index in [-0.39, 0.29) is 12.3 Å². The average Bonchev–Trinajstić information content (AvgIpc) is 3.51. The number of nitrogens with zero attached hydrogens (tertiary/aromatic N) is 2. The lowest BCUT2D eigenvalue weighted by Gasteiger charge is -2.24. The van der Waals surface area contributed by atoms with Crippen LogP contribution in [-0.4, -0.2) is 40.0 Å². The number of aromatic nitrogens is 1. The minimum absolute atomic E-state index is 0.146. The van der Waals surface area contributed by atoms with E-state index < -0.39 is 12.5 Å². The molecule has 6 nitrogen and oxygen atoms in total. The zero-order valence-corrected chi connectivity index (χ0v) is 22.0. The lowest BCUT2D eigenvalue weighted by atomic mass is 10.1. The molecule has 1 amide bonds. The summed E-state index contributed by atoms with van der Waals surface area (Å²) in [6.07, 6.45) is 4.44. The predicted molar refractivity (Wildman–Crippen MR) is 150 cm³/mol. The molecule has 0 fully saturated rings. The molecule has 0 aliphatic heterocycles. The van der Waals surface area contributed by atoms with Crippen molar-refractivity contribution >= 4 is 23.2 Å². The summed E-state index contributed by atoms with van der Waals surface area (Å²) in [6, 6.07) is 24.6. The Hall–Kier alpha value is -3.97. The summed E-state index contributed by atoms with van der Waals surface area (Å²) in [5.41, 5.74) is 3.02. The van der Waals surface area contributed by atoms with Gasteiger partial charge in [-0.15, -0.1) is 11.3 Å². The number of carboxylic acids is 1. The zero-order chi connectivity index (χ0) is 27.5. The number of thiophene rings is 1. The van der Waals surface area contributed by atoms with Gasteiger partial charge in [-0.1, -0.05) is 42.5 Å². The number of rotatable bonds is 14. The molecular formula is C31H32N2O4S. The molecule has 38 heavy (non-hydrogen) atoms. The summed E-state index contributed by atoms with van der Waals surface area (Å²) < 4.78 is 15.2. The van der Waals surface area contributed by atoms with E-state index in [2.05, 4.69) is 4.98 Å². The molecule has 0 saturated heterocycles. The van der Waals surface area contributed by atoms with Crippen LogP contribution in [0.4, 0.5) is 0 Å². The number of benzene rings is 2. The Morgan fingerprint density at radius 3 is 2.50 bits per heavy atom. The van der Waals surface area contributed by atoms with Gasteiger partial charge in [0.1, 0.15) is 5.75 Å². The molecule has 0 saturated carbocycles. The lowest BCUT2D eigenvalue weighted by molar-refractivity contribution is -0.137. The summed E-state index contributed by atoms with van der Waals surface area (Å²) in [6.45, 7) is -0.253. The Bertz CT molecular complexity index is 1330. The van der Waals surface area contributed by atoms with Crippen LogP contribution < -0.4 is 4.74 Å². The molecule has 0 aliphatic carbocycles. The maximum atomic E-state index is 13.8. The second-order valence-electron chi connectivity index (χ2n) is 8.84. The Morgan fingerprint density at radius 2 is 1.76 bits per heavy atom. The number of ether oxygens (including phenoxy) is 1. The van der Waals surface area contributed by atoms with E-state index in [4.69, 9.17) is 11.2 Å². The van der Waals surface area contributed by atoms with Crippen LogP contribution in [0, 0.1) is 0 Å². The SMILES string of the molecule is [2H]C(c1ccccc1OCCCCCC(=O)O)N(CCc1ccccn1)C(=O)c1ccc(-c2cccs2)cc1. The number of pyridine rings is 1. The van der Waals surface area contributed by atoms with Crippen LogP contribution in [0.1, 0.15) is 48.7 Å². The second-order valence-corrected chi connectivity index (χ2v) is 9.79. The van der Waals surface area contributed by atoms with Gasteiger partial charge in [0, 0.05) is 53.8 Å². The van der Waals surface area contributed by atoms with Gasteiger partial charge in [-0.3, -0.25) is 14.6 Å². The molecular weight excluding hydrogens is 496 g/mol. The Kier molecular flexibility index (Phi) is 9.52. The van der Waals surface area contributed by atoms with Crippen LogP contribution in [0.25, 0.3) is 10.4 Å². The first-order valence-corrected chi connectivity index (χ1v) is 13.6. The third-order valence-corrected chi connectivity index (χ3v) is 6.96. The number of carbonyl (C=O) groups excluding carboxylic acids is 1. The minimum Gasteiger partial charge on any atom is -0.493 e. The van der Waals surface area contributed by atoms with Gasteiger partial charge in [0.2, 0.25) is 0 Å². The Labute approximate surface area is 229 Å². The number of para-hydroxylation sites is 1. The van der Waals surface area contributed by atoms with Crippen LogP contribution in [0.3, 0.4) is 0 Å². The summed E-state index contributed by atoms with van der Waals surface area (Å²) >= 11 is 1.65. The summed E-state index contributed by atoms with van der Waals surface area (Å²) in [4.78, 5) is 31.6. The number of amides is 1. The van der Waals surface area contributed by atoms with Gasteiger partial charge in [0.05, 0.1) is 7.98 Å². The molecule has 2 heterocycles. The largest absolute Gasteiger partial charge is 0.493 e. The van der Waals surface area contributed by atoms with E-state index in [9.17, 15) is 9.59 Å². The van der Waals surface area contributed by atoms with Crippen LogP contribution in [-0.2, 0) is 17.7 Å². The number of aliphatic carboxylic acids is 1. The zero-order valence-electron chi connectivity index (χ0n) is 22.2. The summed E-state index contributed by atoms with van der Waals surface area (Å²) in [5, 5.41) is 10.8. The van der Waals surface area contributed by atoms with Crippen molar-refractivity contribution in [3.05, 3.63) is 107 Å².